The Hall–Kier alpha value is -2.81. The van der Waals surface area contributed by atoms with Crippen LogP contribution in [-0.2, 0) is 14.4 Å². The van der Waals surface area contributed by atoms with Gasteiger partial charge in [-0.15, -0.1) is 0 Å². The van der Waals surface area contributed by atoms with E-state index in [1.165, 1.54) is 12.0 Å². The van der Waals surface area contributed by atoms with Crippen LogP contribution in [0.5, 0.6) is 11.5 Å². The number of carbonyl (C=O) groups is 3. The smallest absolute Gasteiger partial charge is 0.239 e. The van der Waals surface area contributed by atoms with Crippen molar-refractivity contribution in [2.24, 2.45) is 11.8 Å². The fourth-order valence-corrected chi connectivity index (χ4v) is 6.88. The Labute approximate surface area is 225 Å². The highest BCUT2D eigenvalue weighted by molar-refractivity contribution is 5.86. The molecular formula is C29H42N4O5. The number of rotatable bonds is 2. The van der Waals surface area contributed by atoms with Crippen molar-refractivity contribution in [1.29, 1.82) is 0 Å². The fourth-order valence-electron chi connectivity index (χ4n) is 6.88. The molecule has 5 rings (SSSR count). The average molecular weight is 527 g/mol. The van der Waals surface area contributed by atoms with Gasteiger partial charge in [-0.05, 0) is 75.1 Å². The molecule has 3 saturated heterocycles. The van der Waals surface area contributed by atoms with Crippen molar-refractivity contribution in [1.82, 2.24) is 20.0 Å². The maximum Gasteiger partial charge on any atom is 0.239 e. The van der Waals surface area contributed by atoms with Crippen LogP contribution in [0.4, 0.5) is 0 Å². The molecule has 208 valence electrons. The van der Waals surface area contributed by atoms with Gasteiger partial charge >= 0.3 is 0 Å². The molecule has 0 aromatic heterocycles. The Kier molecular flexibility index (Phi) is 8.41. The second-order valence-electron chi connectivity index (χ2n) is 11.3. The molecule has 0 saturated carbocycles. The maximum absolute atomic E-state index is 13.5. The van der Waals surface area contributed by atoms with E-state index in [0.29, 0.717) is 63.6 Å². The van der Waals surface area contributed by atoms with E-state index >= 15 is 0 Å². The molecule has 38 heavy (non-hydrogen) atoms. The Morgan fingerprint density at radius 1 is 1.03 bits per heavy atom. The molecule has 1 N–H and O–H groups in total. The topological polar surface area (TPSA) is 91.4 Å². The van der Waals surface area contributed by atoms with Gasteiger partial charge in [0, 0.05) is 51.1 Å². The predicted molar refractivity (Wildman–Crippen MR) is 143 cm³/mol. The SMILES string of the molecule is COc1ccc2cc1OCCCCN(C(=O)C1CCN(C(C)=O)CC1)CC(=O)NC[C@H]1C[C@H]2N2CCC[C@@H]12. The van der Waals surface area contributed by atoms with Crippen LogP contribution in [0.25, 0.3) is 0 Å². The monoisotopic (exact) mass is 526 g/mol. The Bertz CT molecular complexity index is 1020. The van der Waals surface area contributed by atoms with E-state index in [-0.39, 0.29) is 30.2 Å². The molecule has 0 aliphatic carbocycles. The average Bonchev–Trinajstić information content (AvgIpc) is 3.53. The van der Waals surface area contributed by atoms with Crippen molar-refractivity contribution in [3.8, 4) is 11.5 Å². The molecule has 9 nitrogen and oxygen atoms in total. The molecule has 0 spiro atoms. The van der Waals surface area contributed by atoms with Gasteiger partial charge < -0.3 is 24.6 Å². The third-order valence-corrected chi connectivity index (χ3v) is 8.96. The van der Waals surface area contributed by atoms with Gasteiger partial charge in [0.2, 0.25) is 17.7 Å². The number of carbonyl (C=O) groups excluding carboxylic acids is 3. The van der Waals surface area contributed by atoms with E-state index in [1.54, 1.807) is 23.8 Å². The number of hydrogen-bond donors (Lipinski definition) is 1. The largest absolute Gasteiger partial charge is 0.493 e. The zero-order valence-electron chi connectivity index (χ0n) is 22.8. The summed E-state index contributed by atoms with van der Waals surface area (Å²) in [6.45, 7) is 5.60. The Balaban J connectivity index is 1.31. The highest BCUT2D eigenvalue weighted by Crippen LogP contribution is 2.46. The van der Waals surface area contributed by atoms with Crippen molar-refractivity contribution in [3.05, 3.63) is 23.8 Å². The lowest BCUT2D eigenvalue weighted by atomic mass is 9.94. The maximum atomic E-state index is 13.5. The third kappa shape index (κ3) is 5.77. The van der Waals surface area contributed by atoms with E-state index in [1.807, 2.05) is 6.07 Å². The minimum atomic E-state index is -0.144. The van der Waals surface area contributed by atoms with E-state index in [9.17, 15) is 14.4 Å². The molecule has 4 heterocycles. The van der Waals surface area contributed by atoms with Gasteiger partial charge in [0.1, 0.15) is 0 Å². The number of piperidine rings is 1. The second kappa shape index (κ2) is 11.9. The summed E-state index contributed by atoms with van der Waals surface area (Å²) in [5.41, 5.74) is 1.25. The lowest BCUT2D eigenvalue weighted by Gasteiger charge is -2.33. The summed E-state index contributed by atoms with van der Waals surface area (Å²) in [5, 5.41) is 3.18. The normalized spacial score (nSPS) is 27.4. The molecule has 3 fully saturated rings. The van der Waals surface area contributed by atoms with Crippen LogP contribution in [-0.4, -0.2) is 91.4 Å². The molecule has 9 heteroatoms. The third-order valence-electron chi connectivity index (χ3n) is 8.96. The summed E-state index contributed by atoms with van der Waals surface area (Å²) in [6, 6.07) is 7.07. The summed E-state index contributed by atoms with van der Waals surface area (Å²) >= 11 is 0. The first-order valence-corrected chi connectivity index (χ1v) is 14.3. The van der Waals surface area contributed by atoms with Crippen LogP contribution in [0.15, 0.2) is 18.2 Å². The zero-order chi connectivity index (χ0) is 26.6. The first-order chi connectivity index (χ1) is 18.4. The van der Waals surface area contributed by atoms with Crippen molar-refractivity contribution in [3.63, 3.8) is 0 Å². The van der Waals surface area contributed by atoms with Crippen LogP contribution >= 0.6 is 0 Å². The van der Waals surface area contributed by atoms with Crippen molar-refractivity contribution < 1.29 is 23.9 Å². The highest BCUT2D eigenvalue weighted by Gasteiger charge is 2.44. The number of nitrogens with one attached hydrogen (secondary N) is 1. The van der Waals surface area contributed by atoms with Gasteiger partial charge in [0.15, 0.2) is 11.5 Å². The summed E-state index contributed by atoms with van der Waals surface area (Å²) < 4.78 is 11.8. The summed E-state index contributed by atoms with van der Waals surface area (Å²) in [5.74, 6) is 1.75. The van der Waals surface area contributed by atoms with E-state index in [4.69, 9.17) is 9.47 Å². The van der Waals surface area contributed by atoms with Gasteiger partial charge in [-0.2, -0.15) is 0 Å². The first-order valence-electron chi connectivity index (χ1n) is 14.3. The molecule has 0 unspecified atom stereocenters. The number of ether oxygens (including phenoxy) is 2. The number of benzene rings is 1. The number of hydrogen-bond acceptors (Lipinski definition) is 6. The molecule has 1 aromatic carbocycles. The molecule has 4 bridgehead atoms. The molecule has 3 amide bonds. The lowest BCUT2D eigenvalue weighted by molar-refractivity contribution is -0.142. The van der Waals surface area contributed by atoms with E-state index in [0.717, 1.165) is 43.7 Å². The highest BCUT2D eigenvalue weighted by atomic mass is 16.5. The summed E-state index contributed by atoms with van der Waals surface area (Å²) in [6.07, 6.45) is 6.13. The molecule has 0 radical (unpaired) electrons. The number of amides is 3. The Morgan fingerprint density at radius 3 is 2.61 bits per heavy atom. The van der Waals surface area contributed by atoms with Gasteiger partial charge in [0.25, 0.3) is 0 Å². The van der Waals surface area contributed by atoms with Crippen molar-refractivity contribution in [2.75, 3.05) is 53.0 Å². The number of methoxy groups -OCH3 is 1. The van der Waals surface area contributed by atoms with Gasteiger partial charge in [0.05, 0.1) is 20.3 Å². The molecule has 4 aliphatic rings. The number of fused-ring (bicyclic) bond motifs is 8. The van der Waals surface area contributed by atoms with Crippen LogP contribution < -0.4 is 14.8 Å². The van der Waals surface area contributed by atoms with Gasteiger partial charge in [-0.25, -0.2) is 0 Å². The van der Waals surface area contributed by atoms with Gasteiger partial charge in [-0.3, -0.25) is 19.3 Å². The zero-order valence-corrected chi connectivity index (χ0v) is 22.8. The standard InChI is InChI=1S/C29H42N4O5/c1-20(34)31-13-9-21(10-14-31)29(36)32-11-3-4-15-38-27-17-22(7-8-26(27)37-2)25-16-23(18-30-28(35)19-32)24-6-5-12-33(24)25/h7-8,17,21,23-25H,3-6,9-16,18-19H2,1-2H3,(H,30,35)/t23-,24+,25-/m1/s1. The predicted octanol–water partition coefficient (Wildman–Crippen LogP) is 2.60. The molecule has 3 atom stereocenters. The van der Waals surface area contributed by atoms with Crippen LogP contribution in [0, 0.1) is 11.8 Å². The number of likely N-dealkylation sites (tertiary alicyclic amines) is 1. The number of nitrogens with zero attached hydrogens (tertiary/aromatic N) is 3. The molecule has 4 aliphatic heterocycles. The quantitative estimate of drug-likeness (QED) is 0.637. The van der Waals surface area contributed by atoms with E-state index < -0.39 is 0 Å². The van der Waals surface area contributed by atoms with Crippen molar-refractivity contribution >= 4 is 17.7 Å². The second-order valence-corrected chi connectivity index (χ2v) is 11.3. The fraction of sp³-hybridized carbons (Fsp3) is 0.690. The lowest BCUT2D eigenvalue weighted by Crippen LogP contribution is -2.48. The minimum Gasteiger partial charge on any atom is -0.493 e. The van der Waals surface area contributed by atoms with Crippen LogP contribution in [0.2, 0.25) is 0 Å². The molecule has 1 aromatic rings. The molecular weight excluding hydrogens is 484 g/mol. The van der Waals surface area contributed by atoms with Crippen LogP contribution in [0.1, 0.15) is 63.5 Å². The van der Waals surface area contributed by atoms with Crippen molar-refractivity contribution in [2.45, 2.75) is 64.0 Å². The minimum absolute atomic E-state index is 0.0302. The van der Waals surface area contributed by atoms with Crippen LogP contribution in [0.3, 0.4) is 0 Å². The van der Waals surface area contributed by atoms with Gasteiger partial charge in [-0.1, -0.05) is 6.07 Å². The van der Waals surface area contributed by atoms with E-state index in [2.05, 4.69) is 22.3 Å². The summed E-state index contributed by atoms with van der Waals surface area (Å²) in [7, 11) is 1.67. The Morgan fingerprint density at radius 2 is 1.84 bits per heavy atom. The summed E-state index contributed by atoms with van der Waals surface area (Å²) in [4.78, 5) is 44.4. The first kappa shape index (κ1) is 26.8.